The summed E-state index contributed by atoms with van der Waals surface area (Å²) in [5.74, 6) is 0. The third-order valence-electron chi connectivity index (χ3n) is 1.02. The molecule has 0 radical (unpaired) electrons. The molecule has 0 saturated carbocycles. The van der Waals surface area contributed by atoms with E-state index < -0.39 is 4.92 Å². The lowest BCUT2D eigenvalue weighted by atomic mass is 10.4. The van der Waals surface area contributed by atoms with Gasteiger partial charge in [-0.25, -0.2) is 0 Å². The van der Waals surface area contributed by atoms with Gasteiger partial charge in [0.15, 0.2) is 0 Å². The summed E-state index contributed by atoms with van der Waals surface area (Å²) in [4.78, 5) is 12.3. The first-order chi connectivity index (χ1) is 4.20. The van der Waals surface area contributed by atoms with Crippen molar-refractivity contribution in [2.45, 2.75) is 6.92 Å². The van der Waals surface area contributed by atoms with Crippen LogP contribution in [-0.2, 0) is 0 Å². The van der Waals surface area contributed by atoms with E-state index >= 15 is 0 Å². The van der Waals surface area contributed by atoms with Crippen molar-refractivity contribution in [1.82, 2.24) is 4.98 Å². The van der Waals surface area contributed by atoms with Gasteiger partial charge in [0.05, 0.1) is 11.1 Å². The molecular weight excluding hydrogens is 120 g/mol. The van der Waals surface area contributed by atoms with Crippen molar-refractivity contribution < 1.29 is 4.92 Å². The van der Waals surface area contributed by atoms with Gasteiger partial charge >= 0.3 is 0 Å². The zero-order chi connectivity index (χ0) is 6.85. The van der Waals surface area contributed by atoms with Crippen LogP contribution in [0.5, 0.6) is 0 Å². The molecule has 0 atom stereocenters. The minimum atomic E-state index is -0.427. The Kier molecular flexibility index (Phi) is 1.22. The van der Waals surface area contributed by atoms with Gasteiger partial charge in [-0.3, -0.25) is 10.1 Å². The normalized spacial score (nSPS) is 9.44. The highest BCUT2D eigenvalue weighted by molar-refractivity contribution is 5.28. The molecule has 9 heavy (non-hydrogen) atoms. The lowest BCUT2D eigenvalue weighted by molar-refractivity contribution is -0.384. The average molecular weight is 126 g/mol. The lowest BCUT2D eigenvalue weighted by Crippen LogP contribution is -1.82. The van der Waals surface area contributed by atoms with E-state index in [1.165, 1.54) is 12.3 Å². The van der Waals surface area contributed by atoms with Crippen LogP contribution in [0.3, 0.4) is 0 Å². The maximum absolute atomic E-state index is 10.00. The van der Waals surface area contributed by atoms with Gasteiger partial charge < -0.3 is 4.98 Å². The standard InChI is InChI=1S/C5H6N2O2/c1-4-2-5(3-6-4)7(8)9/h2-3,6H,1H3. The minimum absolute atomic E-state index is 0.118. The topological polar surface area (TPSA) is 58.9 Å². The van der Waals surface area contributed by atoms with Crippen LogP contribution in [0.1, 0.15) is 5.69 Å². The predicted octanol–water partition coefficient (Wildman–Crippen LogP) is 1.23. The van der Waals surface area contributed by atoms with Crippen molar-refractivity contribution in [3.8, 4) is 0 Å². The third kappa shape index (κ3) is 1.07. The highest BCUT2D eigenvalue weighted by Gasteiger charge is 2.04. The van der Waals surface area contributed by atoms with Crippen molar-refractivity contribution in [2.24, 2.45) is 0 Å². The van der Waals surface area contributed by atoms with E-state index in [0.29, 0.717) is 0 Å². The van der Waals surface area contributed by atoms with Gasteiger partial charge in [-0.15, -0.1) is 0 Å². The Morgan fingerprint density at radius 2 is 2.44 bits per heavy atom. The van der Waals surface area contributed by atoms with Gasteiger partial charge in [-0.05, 0) is 6.92 Å². The SMILES string of the molecule is Cc1cc([N+](=O)[O-])c[nH]1. The molecule has 1 aromatic rings. The first-order valence-electron chi connectivity index (χ1n) is 2.49. The number of nitrogens with one attached hydrogen (secondary N) is 1. The fraction of sp³-hybridized carbons (Fsp3) is 0.200. The molecule has 0 unspecified atom stereocenters. The second kappa shape index (κ2) is 1.89. The minimum Gasteiger partial charge on any atom is -0.359 e. The third-order valence-corrected chi connectivity index (χ3v) is 1.02. The number of hydrogen-bond acceptors (Lipinski definition) is 2. The molecule has 4 heteroatoms. The van der Waals surface area contributed by atoms with Gasteiger partial charge in [0.2, 0.25) is 0 Å². The summed E-state index contributed by atoms with van der Waals surface area (Å²) < 4.78 is 0. The quantitative estimate of drug-likeness (QED) is 0.454. The Hall–Kier alpha value is -1.32. The number of aromatic nitrogens is 1. The first-order valence-corrected chi connectivity index (χ1v) is 2.49. The van der Waals surface area contributed by atoms with Crippen LogP contribution in [0.15, 0.2) is 12.3 Å². The van der Waals surface area contributed by atoms with Crippen molar-refractivity contribution >= 4 is 5.69 Å². The van der Waals surface area contributed by atoms with Gasteiger partial charge in [-0.1, -0.05) is 0 Å². The van der Waals surface area contributed by atoms with Crippen molar-refractivity contribution in [2.75, 3.05) is 0 Å². The first kappa shape index (κ1) is 5.81. The zero-order valence-corrected chi connectivity index (χ0v) is 4.92. The fourth-order valence-corrected chi connectivity index (χ4v) is 0.598. The van der Waals surface area contributed by atoms with Crippen molar-refractivity contribution in [3.05, 3.63) is 28.1 Å². The van der Waals surface area contributed by atoms with Gasteiger partial charge in [0.1, 0.15) is 0 Å². The molecule has 1 heterocycles. The van der Waals surface area contributed by atoms with E-state index in [-0.39, 0.29) is 5.69 Å². The Balaban J connectivity index is 2.98. The van der Waals surface area contributed by atoms with Crippen LogP contribution in [0.4, 0.5) is 5.69 Å². The van der Waals surface area contributed by atoms with E-state index in [9.17, 15) is 10.1 Å². The van der Waals surface area contributed by atoms with E-state index in [1.54, 1.807) is 6.92 Å². The summed E-state index contributed by atoms with van der Waals surface area (Å²) in [5.41, 5.74) is 0.925. The maximum Gasteiger partial charge on any atom is 0.286 e. The molecule has 1 rings (SSSR count). The molecule has 0 aliphatic carbocycles. The molecule has 0 amide bonds. The summed E-state index contributed by atoms with van der Waals surface area (Å²) in [7, 11) is 0. The monoisotopic (exact) mass is 126 g/mol. The summed E-state index contributed by atoms with van der Waals surface area (Å²) in [6.45, 7) is 1.77. The number of rotatable bonds is 1. The van der Waals surface area contributed by atoms with E-state index in [1.807, 2.05) is 0 Å². The summed E-state index contributed by atoms with van der Waals surface area (Å²) in [6, 6.07) is 1.49. The molecule has 0 fully saturated rings. The molecular formula is C5H6N2O2. The molecule has 0 aliphatic rings. The Labute approximate surface area is 51.7 Å². The van der Waals surface area contributed by atoms with E-state index in [0.717, 1.165) is 5.69 Å². The smallest absolute Gasteiger partial charge is 0.286 e. The van der Waals surface area contributed by atoms with Crippen LogP contribution in [0.25, 0.3) is 0 Å². The summed E-state index contributed by atoms with van der Waals surface area (Å²) >= 11 is 0. The predicted molar refractivity (Wildman–Crippen MR) is 32.2 cm³/mol. The van der Waals surface area contributed by atoms with Crippen LogP contribution >= 0.6 is 0 Å². The Morgan fingerprint density at radius 1 is 1.78 bits per heavy atom. The molecule has 0 aromatic carbocycles. The largest absolute Gasteiger partial charge is 0.359 e. The van der Waals surface area contributed by atoms with Gasteiger partial charge in [-0.2, -0.15) is 0 Å². The second-order valence-corrected chi connectivity index (χ2v) is 1.80. The number of aromatic amines is 1. The molecule has 1 N–H and O–H groups in total. The lowest BCUT2D eigenvalue weighted by Gasteiger charge is -1.77. The average Bonchev–Trinajstić information content (AvgIpc) is 2.14. The fourth-order valence-electron chi connectivity index (χ4n) is 0.598. The van der Waals surface area contributed by atoms with Crippen molar-refractivity contribution in [1.29, 1.82) is 0 Å². The number of hydrogen-bond donors (Lipinski definition) is 1. The molecule has 0 aliphatic heterocycles. The van der Waals surface area contributed by atoms with Crippen LogP contribution < -0.4 is 0 Å². The summed E-state index contributed by atoms with van der Waals surface area (Å²) in [5, 5.41) is 10.00. The van der Waals surface area contributed by atoms with Crippen molar-refractivity contribution in [3.63, 3.8) is 0 Å². The molecule has 0 saturated heterocycles. The molecule has 4 nitrogen and oxygen atoms in total. The molecule has 48 valence electrons. The van der Waals surface area contributed by atoms with Gasteiger partial charge in [0.25, 0.3) is 5.69 Å². The summed E-state index contributed by atoms with van der Waals surface area (Å²) in [6.07, 6.45) is 1.37. The van der Waals surface area contributed by atoms with E-state index in [4.69, 9.17) is 0 Å². The molecule has 0 spiro atoms. The number of nitrogens with zero attached hydrogens (tertiary/aromatic N) is 1. The Morgan fingerprint density at radius 3 is 2.67 bits per heavy atom. The number of H-pyrrole nitrogens is 1. The number of nitro groups is 1. The second-order valence-electron chi connectivity index (χ2n) is 1.80. The highest BCUT2D eigenvalue weighted by Crippen LogP contribution is 2.09. The Bertz CT molecular complexity index is 229. The zero-order valence-electron chi connectivity index (χ0n) is 4.92. The number of aryl methyl sites for hydroxylation is 1. The molecule has 0 bridgehead atoms. The van der Waals surface area contributed by atoms with Crippen LogP contribution in [0.2, 0.25) is 0 Å². The van der Waals surface area contributed by atoms with Gasteiger partial charge in [0, 0.05) is 11.8 Å². The van der Waals surface area contributed by atoms with Crippen LogP contribution in [-0.4, -0.2) is 9.91 Å². The van der Waals surface area contributed by atoms with E-state index in [2.05, 4.69) is 4.98 Å². The maximum atomic E-state index is 10.00. The molecule has 1 aromatic heterocycles. The van der Waals surface area contributed by atoms with Crippen LogP contribution in [0, 0.1) is 17.0 Å². The highest BCUT2D eigenvalue weighted by atomic mass is 16.6.